The van der Waals surface area contributed by atoms with Crippen molar-refractivity contribution in [1.82, 2.24) is 10.9 Å². The molecule has 0 saturated carbocycles. The highest BCUT2D eigenvalue weighted by molar-refractivity contribution is 9.10. The number of esters is 2. The Morgan fingerprint density at radius 1 is 0.682 bits per heavy atom. The lowest BCUT2D eigenvalue weighted by molar-refractivity contribution is -0.170. The maximum atomic E-state index is 14.7. The molecule has 4 rings (SSSR count). The van der Waals surface area contributed by atoms with Gasteiger partial charge in [0.05, 0.1) is 24.6 Å². The number of hydrazine groups is 2. The van der Waals surface area contributed by atoms with Gasteiger partial charge in [0.15, 0.2) is 23.2 Å². The number of ketones is 2. The van der Waals surface area contributed by atoms with Crippen LogP contribution < -0.4 is 20.9 Å². The predicted octanol–water partition coefficient (Wildman–Crippen LogP) is 2.19. The summed E-state index contributed by atoms with van der Waals surface area (Å²) in [4.78, 5) is 91.8. The largest absolute Gasteiger partial charge is 0.464 e. The summed E-state index contributed by atoms with van der Waals surface area (Å²) < 4.78 is 11.9. The Morgan fingerprint density at radius 3 is 1.27 bits per heavy atom. The molecule has 14 nitrogen and oxygen atoms in total. The van der Waals surface area contributed by atoms with Crippen LogP contribution in [0.2, 0.25) is 0 Å². The maximum Gasteiger partial charge on any atom is 0.347 e. The molecule has 2 atom stereocenters. The lowest BCUT2D eigenvalue weighted by atomic mass is 9.73. The van der Waals surface area contributed by atoms with E-state index >= 15 is 0 Å². The molecule has 2 N–H and O–H groups in total. The number of Topliss-reactive ketones (excluding diaryl/α,β-unsaturated/α-hetero) is 2. The van der Waals surface area contributed by atoms with Gasteiger partial charge >= 0.3 is 11.9 Å². The Morgan fingerprint density at radius 2 is 1.00 bits per heavy atom. The highest BCUT2D eigenvalue weighted by Crippen LogP contribution is 2.42. The Bertz CT molecular complexity index is 1490. The second-order valence-corrected chi connectivity index (χ2v) is 11.2. The fourth-order valence-corrected chi connectivity index (χ4v) is 5.01. The van der Waals surface area contributed by atoms with E-state index in [1.807, 2.05) is 0 Å². The van der Waals surface area contributed by atoms with Crippen LogP contribution in [-0.4, -0.2) is 71.3 Å². The van der Waals surface area contributed by atoms with E-state index in [1.54, 1.807) is 24.3 Å². The Kier molecular flexibility index (Phi) is 9.34. The maximum absolute atomic E-state index is 14.7. The third-order valence-corrected chi connectivity index (χ3v) is 7.58. The van der Waals surface area contributed by atoms with Crippen molar-refractivity contribution in [3.63, 3.8) is 0 Å². The minimum Gasteiger partial charge on any atom is -0.464 e. The SMILES string of the molecule is CCOC(=O)C1(C2(C(=O)OCC)N=C(C(C)=O)NN(c3ccc(Br)cc3)C2=O)N=C(C(C)=O)NN(c2ccc(Br)cc2)C1=O. The van der Waals surface area contributed by atoms with E-state index in [2.05, 4.69) is 52.7 Å². The smallest absolute Gasteiger partial charge is 0.347 e. The number of hydrogen-bond acceptors (Lipinski definition) is 12. The molecule has 230 valence electrons. The molecule has 2 aromatic carbocycles. The number of hydrogen-bond donors (Lipinski definition) is 2. The third kappa shape index (κ3) is 5.38. The van der Waals surface area contributed by atoms with Crippen LogP contribution in [0.4, 0.5) is 11.4 Å². The van der Waals surface area contributed by atoms with Gasteiger partial charge in [0, 0.05) is 22.8 Å². The van der Waals surface area contributed by atoms with Crippen molar-refractivity contribution in [2.45, 2.75) is 38.8 Å². The second kappa shape index (κ2) is 12.7. The van der Waals surface area contributed by atoms with Gasteiger partial charge in [-0.05, 0) is 62.4 Å². The van der Waals surface area contributed by atoms with Gasteiger partial charge in [-0.25, -0.2) is 29.6 Å². The Hall–Kier alpha value is -4.44. The number of halogens is 2. The normalized spacial score (nSPS) is 21.4. The first kappa shape index (κ1) is 32.5. The zero-order valence-electron chi connectivity index (χ0n) is 23.8. The van der Waals surface area contributed by atoms with Crippen LogP contribution in [0.1, 0.15) is 27.7 Å². The van der Waals surface area contributed by atoms with E-state index in [1.165, 1.54) is 38.1 Å². The van der Waals surface area contributed by atoms with Gasteiger partial charge in [-0.2, -0.15) is 0 Å². The number of ether oxygens (including phenoxy) is 2. The number of carbonyl (C=O) groups excluding carboxylic acids is 6. The lowest BCUT2D eigenvalue weighted by Crippen LogP contribution is -2.81. The topological polar surface area (TPSA) is 176 Å². The van der Waals surface area contributed by atoms with Crippen molar-refractivity contribution < 1.29 is 38.2 Å². The summed E-state index contributed by atoms with van der Waals surface area (Å²) in [7, 11) is 0. The molecule has 2 unspecified atom stereocenters. The van der Waals surface area contributed by atoms with Crippen molar-refractivity contribution in [1.29, 1.82) is 0 Å². The van der Waals surface area contributed by atoms with E-state index in [9.17, 15) is 28.8 Å². The van der Waals surface area contributed by atoms with Crippen LogP contribution >= 0.6 is 31.9 Å². The fraction of sp³-hybridized carbons (Fsp3) is 0.286. The molecule has 0 aliphatic carbocycles. The van der Waals surface area contributed by atoms with Crippen LogP contribution in [0.5, 0.6) is 0 Å². The van der Waals surface area contributed by atoms with Crippen molar-refractivity contribution in [3.05, 3.63) is 57.5 Å². The van der Waals surface area contributed by atoms with Gasteiger partial charge in [-0.3, -0.25) is 30.0 Å². The van der Waals surface area contributed by atoms with Crippen molar-refractivity contribution in [2.75, 3.05) is 23.2 Å². The molecule has 2 heterocycles. The second-order valence-electron chi connectivity index (χ2n) is 9.35. The minimum absolute atomic E-state index is 0.0986. The van der Waals surface area contributed by atoms with Crippen LogP contribution in [-0.2, 0) is 38.2 Å². The first-order chi connectivity index (χ1) is 20.8. The van der Waals surface area contributed by atoms with Crippen molar-refractivity contribution in [2.24, 2.45) is 9.98 Å². The number of rotatable bonds is 9. The number of nitrogens with zero attached hydrogens (tertiary/aromatic N) is 4. The van der Waals surface area contributed by atoms with E-state index < -0.39 is 58.1 Å². The molecule has 44 heavy (non-hydrogen) atoms. The Labute approximate surface area is 268 Å². The molecule has 0 spiro atoms. The van der Waals surface area contributed by atoms with E-state index in [0.29, 0.717) is 8.95 Å². The predicted molar refractivity (Wildman–Crippen MR) is 164 cm³/mol. The quantitative estimate of drug-likeness (QED) is 0.287. The van der Waals surface area contributed by atoms with Gasteiger partial charge in [-0.1, -0.05) is 31.9 Å². The summed E-state index contributed by atoms with van der Waals surface area (Å²) >= 11 is 6.62. The zero-order valence-corrected chi connectivity index (χ0v) is 27.0. The van der Waals surface area contributed by atoms with Gasteiger partial charge in [0.25, 0.3) is 22.9 Å². The molecular formula is C28H26Br2N6O8. The number of aliphatic imine (C=N–C) groups is 2. The molecule has 2 aliphatic heterocycles. The van der Waals surface area contributed by atoms with Crippen molar-refractivity contribution >= 4 is 90.2 Å². The summed E-state index contributed by atoms with van der Waals surface area (Å²) in [6.07, 6.45) is 0. The Balaban J connectivity index is 2.16. The first-order valence-electron chi connectivity index (χ1n) is 13.1. The number of nitrogens with one attached hydrogen (secondary N) is 2. The summed E-state index contributed by atoms with van der Waals surface area (Å²) in [6, 6.07) is 12.2. The first-order valence-corrected chi connectivity index (χ1v) is 14.7. The van der Waals surface area contributed by atoms with E-state index in [0.717, 1.165) is 23.9 Å². The van der Waals surface area contributed by atoms with Crippen LogP contribution in [0.15, 0.2) is 67.5 Å². The highest BCUT2D eigenvalue weighted by Gasteiger charge is 2.77. The molecule has 0 radical (unpaired) electrons. The number of anilines is 2. The highest BCUT2D eigenvalue weighted by atomic mass is 79.9. The van der Waals surface area contributed by atoms with Crippen molar-refractivity contribution in [3.8, 4) is 0 Å². The van der Waals surface area contributed by atoms with E-state index in [4.69, 9.17) is 9.47 Å². The molecule has 2 aromatic rings. The molecule has 0 saturated heterocycles. The summed E-state index contributed by atoms with van der Waals surface area (Å²) in [5, 5.41) is 1.58. The fourth-order valence-electron chi connectivity index (χ4n) is 4.48. The molecule has 2 aliphatic rings. The standard InChI is InChI=1S/C28H26Br2N6O8/c1-5-43-25(41)27(23(39)35(33-21(31-27)15(3)37)19-11-7-17(29)8-12-19)28(26(42)44-6-2)24(40)36(34-22(32-28)16(4)38)20-13-9-18(30)10-14-20/h7-14H,5-6H2,1-4H3,(H,31,33)(H,32,34). The number of benzene rings is 2. The molecule has 0 bridgehead atoms. The average molecular weight is 734 g/mol. The molecule has 0 aromatic heterocycles. The number of amidine groups is 2. The van der Waals surface area contributed by atoms with Gasteiger partial charge in [0.2, 0.25) is 0 Å². The van der Waals surface area contributed by atoms with Crippen LogP contribution in [0, 0.1) is 0 Å². The molecule has 16 heteroatoms. The monoisotopic (exact) mass is 732 g/mol. The van der Waals surface area contributed by atoms with Gasteiger partial charge < -0.3 is 9.47 Å². The van der Waals surface area contributed by atoms with Gasteiger partial charge in [-0.15, -0.1) is 0 Å². The summed E-state index contributed by atoms with van der Waals surface area (Å²) in [5.74, 6) is -8.29. The molecular weight excluding hydrogens is 708 g/mol. The minimum atomic E-state index is -3.23. The third-order valence-electron chi connectivity index (χ3n) is 6.52. The molecule has 2 amide bonds. The number of amides is 2. The zero-order chi connectivity index (χ0) is 32.4. The summed E-state index contributed by atoms with van der Waals surface area (Å²) in [5.41, 5.74) is -1.14. The van der Waals surface area contributed by atoms with Crippen LogP contribution in [0.25, 0.3) is 0 Å². The van der Waals surface area contributed by atoms with Gasteiger partial charge in [0.1, 0.15) is 0 Å². The summed E-state index contributed by atoms with van der Waals surface area (Å²) in [6.45, 7) is 4.40. The lowest BCUT2D eigenvalue weighted by Gasteiger charge is -2.47. The van der Waals surface area contributed by atoms with E-state index in [-0.39, 0.29) is 24.6 Å². The van der Waals surface area contributed by atoms with Crippen LogP contribution in [0.3, 0.4) is 0 Å². The molecule has 0 fully saturated rings. The average Bonchev–Trinajstić information content (AvgIpc) is 2.98. The number of carbonyl (C=O) groups is 6.